The van der Waals surface area contributed by atoms with Gasteiger partial charge in [-0.2, -0.15) is 11.8 Å². The van der Waals surface area contributed by atoms with E-state index >= 15 is 0 Å². The Morgan fingerprint density at radius 1 is 1.45 bits per heavy atom. The van der Waals surface area contributed by atoms with Crippen LogP contribution >= 0.6 is 24.4 Å². The van der Waals surface area contributed by atoms with Crippen molar-refractivity contribution in [3.05, 3.63) is 30.1 Å². The number of carbonyl (C=O) groups excluding carboxylic acids is 2. The van der Waals surface area contributed by atoms with E-state index in [1.165, 1.54) is 0 Å². The number of aromatic nitrogens is 1. The molecule has 7 heteroatoms. The molecule has 1 aromatic heterocycles. The van der Waals surface area contributed by atoms with Crippen molar-refractivity contribution in [2.75, 3.05) is 12.0 Å². The van der Waals surface area contributed by atoms with Gasteiger partial charge >= 0.3 is 0 Å². The Kier molecular flexibility index (Phi) is 7.64. The summed E-state index contributed by atoms with van der Waals surface area (Å²) in [4.78, 5) is 27.2. The zero-order chi connectivity index (χ0) is 15.0. The molecule has 20 heavy (non-hydrogen) atoms. The van der Waals surface area contributed by atoms with E-state index in [4.69, 9.17) is 5.73 Å². The van der Waals surface area contributed by atoms with Crippen molar-refractivity contribution < 1.29 is 9.59 Å². The Labute approximate surface area is 128 Å². The molecule has 0 aliphatic rings. The Balaban J connectivity index is 2.53. The number of pyridine rings is 1. The first-order valence-electron chi connectivity index (χ1n) is 6.21. The first kappa shape index (κ1) is 17.0. The summed E-state index contributed by atoms with van der Waals surface area (Å²) in [7, 11) is 0. The van der Waals surface area contributed by atoms with E-state index in [-0.39, 0.29) is 11.0 Å². The molecule has 2 atom stereocenters. The van der Waals surface area contributed by atoms with Crippen molar-refractivity contribution in [2.45, 2.75) is 24.9 Å². The van der Waals surface area contributed by atoms with Crippen molar-refractivity contribution in [2.24, 2.45) is 5.73 Å². The van der Waals surface area contributed by atoms with E-state index < -0.39 is 12.1 Å². The second-order valence-electron chi connectivity index (χ2n) is 4.35. The van der Waals surface area contributed by atoms with Gasteiger partial charge in [-0.25, -0.2) is 0 Å². The van der Waals surface area contributed by atoms with E-state index in [1.807, 2.05) is 18.4 Å². The number of amides is 1. The van der Waals surface area contributed by atoms with E-state index in [0.717, 1.165) is 11.3 Å². The van der Waals surface area contributed by atoms with Crippen molar-refractivity contribution in [3.63, 3.8) is 0 Å². The largest absolute Gasteiger partial charge is 0.344 e. The van der Waals surface area contributed by atoms with Gasteiger partial charge in [0.15, 0.2) is 0 Å². The van der Waals surface area contributed by atoms with Crippen LogP contribution in [-0.4, -0.2) is 40.1 Å². The Bertz CT molecular complexity index is 443. The molecule has 3 N–H and O–H groups in total. The summed E-state index contributed by atoms with van der Waals surface area (Å²) in [6, 6.07) is 2.34. The lowest BCUT2D eigenvalue weighted by Crippen LogP contribution is -2.48. The highest BCUT2D eigenvalue weighted by molar-refractivity contribution is 7.98. The normalized spacial score (nSPS) is 13.6. The molecule has 0 bridgehead atoms. The van der Waals surface area contributed by atoms with Gasteiger partial charge in [-0.1, -0.05) is 0 Å². The van der Waals surface area contributed by atoms with Crippen LogP contribution in [0, 0.1) is 0 Å². The van der Waals surface area contributed by atoms with Crippen LogP contribution in [0.4, 0.5) is 0 Å². The van der Waals surface area contributed by atoms with Crippen LogP contribution in [0.2, 0.25) is 0 Å². The fourth-order valence-corrected chi connectivity index (χ4v) is 2.30. The lowest BCUT2D eigenvalue weighted by Gasteiger charge is -2.18. The zero-order valence-corrected chi connectivity index (χ0v) is 13.0. The minimum absolute atomic E-state index is 0.338. The summed E-state index contributed by atoms with van der Waals surface area (Å²) in [5.41, 5.74) is 6.78. The van der Waals surface area contributed by atoms with Crippen LogP contribution in [-0.2, 0) is 16.0 Å². The number of carbonyl (C=O) groups is 2. The maximum Gasteiger partial charge on any atom is 0.237 e. The second-order valence-corrected chi connectivity index (χ2v) is 5.77. The summed E-state index contributed by atoms with van der Waals surface area (Å²) < 4.78 is 0. The van der Waals surface area contributed by atoms with Gasteiger partial charge in [0, 0.05) is 12.4 Å². The zero-order valence-electron chi connectivity index (χ0n) is 11.3. The predicted molar refractivity (Wildman–Crippen MR) is 84.8 cm³/mol. The van der Waals surface area contributed by atoms with Crippen LogP contribution < -0.4 is 11.1 Å². The molecule has 0 aliphatic heterocycles. The topological polar surface area (TPSA) is 85.1 Å². The lowest BCUT2D eigenvalue weighted by molar-refractivity contribution is -0.125. The molecule has 0 unspecified atom stereocenters. The molecule has 0 spiro atoms. The molecular weight excluding hydrogens is 294 g/mol. The van der Waals surface area contributed by atoms with Gasteiger partial charge in [-0.3, -0.25) is 14.6 Å². The number of rotatable bonds is 8. The first-order valence-corrected chi connectivity index (χ1v) is 8.05. The fraction of sp³-hybridized carbons (Fsp3) is 0.462. The number of nitrogens with one attached hydrogen (secondary N) is 1. The molecule has 0 saturated heterocycles. The van der Waals surface area contributed by atoms with Crippen molar-refractivity contribution in [1.82, 2.24) is 10.3 Å². The molecule has 0 radical (unpaired) electrons. The predicted octanol–water partition coefficient (Wildman–Crippen LogP) is 0.646. The summed E-state index contributed by atoms with van der Waals surface area (Å²) in [6.45, 7) is 0. The maximum atomic E-state index is 12.0. The Morgan fingerprint density at radius 3 is 2.65 bits per heavy atom. The van der Waals surface area contributed by atoms with Crippen molar-refractivity contribution >= 4 is 35.4 Å². The van der Waals surface area contributed by atoms with E-state index in [1.54, 1.807) is 24.2 Å². The van der Waals surface area contributed by atoms with Gasteiger partial charge in [0.2, 0.25) is 11.0 Å². The fourth-order valence-electron chi connectivity index (χ4n) is 1.64. The third-order valence-electron chi connectivity index (χ3n) is 2.77. The summed E-state index contributed by atoms with van der Waals surface area (Å²) >= 11 is 5.41. The van der Waals surface area contributed by atoms with Gasteiger partial charge in [-0.05, 0) is 42.5 Å². The molecule has 0 saturated carbocycles. The standard InChI is InChI=1S/C13H19N3O2S2/c1-20-7-4-11(13(18)19)16-12(17)10(14)8-9-2-5-15-6-3-9/h2-3,5-6,10-11H,4,7-8,14H2,1H3,(H,16,17)(H,18,19)/t10-,11+/m0/s1. The molecular formula is C13H19N3O2S2. The van der Waals surface area contributed by atoms with Crippen molar-refractivity contribution in [1.29, 1.82) is 0 Å². The molecule has 0 aliphatic carbocycles. The summed E-state index contributed by atoms with van der Waals surface area (Å²) in [5.74, 6) is 0.437. The summed E-state index contributed by atoms with van der Waals surface area (Å²) in [6.07, 6.45) is 6.20. The molecule has 1 aromatic rings. The molecule has 0 fully saturated rings. The van der Waals surface area contributed by atoms with Crippen molar-refractivity contribution in [3.8, 4) is 0 Å². The third-order valence-corrected chi connectivity index (χ3v) is 3.72. The van der Waals surface area contributed by atoms with Gasteiger partial charge in [0.25, 0.3) is 0 Å². The smallest absolute Gasteiger partial charge is 0.237 e. The lowest BCUT2D eigenvalue weighted by atomic mass is 10.1. The van der Waals surface area contributed by atoms with E-state index in [9.17, 15) is 9.59 Å². The maximum absolute atomic E-state index is 12.0. The number of nitrogens with zero attached hydrogens (tertiary/aromatic N) is 1. The van der Waals surface area contributed by atoms with E-state index in [0.29, 0.717) is 12.8 Å². The molecule has 0 aromatic carbocycles. The molecule has 1 amide bonds. The van der Waals surface area contributed by atoms with E-state index in [2.05, 4.69) is 22.9 Å². The first-order chi connectivity index (χ1) is 9.54. The van der Waals surface area contributed by atoms with Crippen LogP contribution in [0.3, 0.4) is 0 Å². The van der Waals surface area contributed by atoms with Gasteiger partial charge in [0.1, 0.15) is 0 Å². The highest BCUT2D eigenvalue weighted by atomic mass is 32.2. The minimum atomic E-state index is -0.693. The van der Waals surface area contributed by atoms with Gasteiger partial charge < -0.3 is 11.1 Å². The number of thiol groups is 1. The quantitative estimate of drug-likeness (QED) is 0.614. The Hall–Kier alpha value is -1.05. The number of nitrogens with two attached hydrogens (primary N) is 1. The monoisotopic (exact) mass is 313 g/mol. The number of hydrogen-bond acceptors (Lipinski definition) is 5. The van der Waals surface area contributed by atoms with Crippen LogP contribution in [0.5, 0.6) is 0 Å². The average Bonchev–Trinajstić information content (AvgIpc) is 2.43. The Morgan fingerprint density at radius 2 is 2.10 bits per heavy atom. The second kappa shape index (κ2) is 8.99. The molecule has 5 nitrogen and oxygen atoms in total. The molecule has 1 rings (SSSR count). The molecule has 1 heterocycles. The SMILES string of the molecule is CSCC[C@@H](NC(=O)[C@@H](N)Cc1ccncc1)C(=O)S. The highest BCUT2D eigenvalue weighted by Crippen LogP contribution is 2.05. The number of thioether (sulfide) groups is 1. The van der Waals surface area contributed by atoms with Crippen LogP contribution in [0.1, 0.15) is 12.0 Å². The summed E-state index contributed by atoms with van der Waals surface area (Å²) in [5, 5.41) is 2.31. The third kappa shape index (κ3) is 5.94. The average molecular weight is 313 g/mol. The minimum Gasteiger partial charge on any atom is -0.344 e. The highest BCUT2D eigenvalue weighted by Gasteiger charge is 2.21. The van der Waals surface area contributed by atoms with Crippen LogP contribution in [0.25, 0.3) is 0 Å². The molecule has 110 valence electrons. The number of hydrogen-bond donors (Lipinski definition) is 3. The van der Waals surface area contributed by atoms with Crippen LogP contribution in [0.15, 0.2) is 24.5 Å². The van der Waals surface area contributed by atoms with Gasteiger partial charge in [-0.15, -0.1) is 12.6 Å². The van der Waals surface area contributed by atoms with Gasteiger partial charge in [0.05, 0.1) is 12.1 Å².